The van der Waals surface area contributed by atoms with Crippen molar-refractivity contribution < 1.29 is 17.8 Å². The summed E-state index contributed by atoms with van der Waals surface area (Å²) in [5, 5.41) is -1.17. The minimum absolute atomic E-state index is 0.182. The second-order valence-electron chi connectivity index (χ2n) is 5.40. The number of carbonyl (C=O) groups excluding carboxylic acids is 1. The molecule has 0 aromatic rings. The molecule has 0 aliphatic heterocycles. The van der Waals surface area contributed by atoms with Gasteiger partial charge in [0, 0.05) is 5.92 Å². The van der Waals surface area contributed by atoms with Gasteiger partial charge in [0.05, 0.1) is 0 Å². The van der Waals surface area contributed by atoms with Crippen LogP contribution < -0.4 is 0 Å². The number of rotatable bonds is 1. The zero-order valence-corrected chi connectivity index (χ0v) is 9.91. The van der Waals surface area contributed by atoms with Gasteiger partial charge in [-0.25, -0.2) is 0 Å². The van der Waals surface area contributed by atoms with E-state index >= 15 is 0 Å². The van der Waals surface area contributed by atoms with E-state index in [4.69, 9.17) is 4.55 Å². The molecule has 0 saturated heterocycles. The van der Waals surface area contributed by atoms with E-state index in [1.54, 1.807) is 0 Å². The predicted octanol–water partition coefficient (Wildman–Crippen LogP) is 1.12. The summed E-state index contributed by atoms with van der Waals surface area (Å²) in [5.41, 5.74) is -0.182. The first-order chi connectivity index (χ1) is 6.67. The number of hydrogen-bond donors (Lipinski definition) is 1. The molecule has 0 amide bonds. The van der Waals surface area contributed by atoms with Gasteiger partial charge < -0.3 is 0 Å². The molecule has 2 aliphatic rings. The van der Waals surface area contributed by atoms with Crippen LogP contribution in [0.5, 0.6) is 0 Å². The van der Waals surface area contributed by atoms with Crippen molar-refractivity contribution >= 4 is 15.9 Å². The molecule has 2 saturated carbocycles. The van der Waals surface area contributed by atoms with Crippen molar-refractivity contribution in [1.82, 2.24) is 0 Å². The monoisotopic (exact) mass is 232 g/mol. The van der Waals surface area contributed by atoms with Crippen LogP contribution in [-0.2, 0) is 14.9 Å². The largest absolute Gasteiger partial charge is 0.298 e. The van der Waals surface area contributed by atoms with Crippen molar-refractivity contribution in [3.8, 4) is 0 Å². The van der Waals surface area contributed by atoms with Crippen molar-refractivity contribution in [1.29, 1.82) is 0 Å². The van der Waals surface area contributed by atoms with Crippen LogP contribution in [0.4, 0.5) is 0 Å². The summed E-state index contributed by atoms with van der Waals surface area (Å²) in [5.74, 6) is -0.487. The van der Waals surface area contributed by atoms with Crippen molar-refractivity contribution in [2.45, 2.75) is 32.4 Å². The molecule has 2 fully saturated rings. The first-order valence-corrected chi connectivity index (χ1v) is 6.67. The number of Topliss-reactive ketones (excluding diaryl/α,β-unsaturated/α-hetero) is 1. The van der Waals surface area contributed by atoms with E-state index in [2.05, 4.69) is 0 Å². The Balaban J connectivity index is 2.46. The Labute approximate surface area is 89.8 Å². The summed E-state index contributed by atoms with van der Waals surface area (Å²) in [6.45, 7) is 5.95. The predicted molar refractivity (Wildman–Crippen MR) is 54.9 cm³/mol. The van der Waals surface area contributed by atoms with Gasteiger partial charge in [0.2, 0.25) is 0 Å². The molecule has 4 atom stereocenters. The molecule has 0 aromatic heterocycles. The molecular formula is C10H16O4S. The summed E-state index contributed by atoms with van der Waals surface area (Å²) in [7, 11) is -4.23. The first kappa shape index (κ1) is 11.1. The zero-order chi connectivity index (χ0) is 11.6. The zero-order valence-electron chi connectivity index (χ0n) is 9.10. The van der Waals surface area contributed by atoms with Crippen molar-refractivity contribution in [2.24, 2.45) is 23.2 Å². The molecule has 4 nitrogen and oxygen atoms in total. The topological polar surface area (TPSA) is 71.4 Å². The van der Waals surface area contributed by atoms with Gasteiger partial charge in [-0.2, -0.15) is 8.42 Å². The lowest BCUT2D eigenvalue weighted by Crippen LogP contribution is -2.46. The SMILES string of the molecule is C[C@@H]1[C@H]2C[C@H]([C@@H](S(=O)(=O)O)C2=O)C1(C)C. The van der Waals surface area contributed by atoms with Crippen LogP contribution in [0.3, 0.4) is 0 Å². The average molecular weight is 232 g/mol. The summed E-state index contributed by atoms with van der Waals surface area (Å²) in [6.07, 6.45) is 0.609. The Hall–Kier alpha value is -0.420. The maximum absolute atomic E-state index is 11.8. The number of carbonyl (C=O) groups is 1. The highest BCUT2D eigenvalue weighted by Crippen LogP contribution is 2.58. The van der Waals surface area contributed by atoms with Crippen LogP contribution in [-0.4, -0.2) is 24.0 Å². The third kappa shape index (κ3) is 1.29. The molecular weight excluding hydrogens is 216 g/mol. The number of ketones is 1. The van der Waals surface area contributed by atoms with Gasteiger partial charge in [-0.1, -0.05) is 20.8 Å². The molecule has 0 spiro atoms. The van der Waals surface area contributed by atoms with E-state index in [0.29, 0.717) is 6.42 Å². The molecule has 1 N–H and O–H groups in total. The van der Waals surface area contributed by atoms with E-state index in [1.807, 2.05) is 20.8 Å². The molecule has 2 aliphatic carbocycles. The summed E-state index contributed by atoms with van der Waals surface area (Å²) in [4.78, 5) is 11.8. The Bertz CT molecular complexity index is 409. The Morgan fingerprint density at radius 3 is 2.33 bits per heavy atom. The highest BCUT2D eigenvalue weighted by molar-refractivity contribution is 7.87. The van der Waals surface area contributed by atoms with E-state index in [1.165, 1.54) is 0 Å². The van der Waals surface area contributed by atoms with Crippen LogP contribution in [0.15, 0.2) is 0 Å². The quantitative estimate of drug-likeness (QED) is 0.688. The van der Waals surface area contributed by atoms with Gasteiger partial charge >= 0.3 is 0 Å². The molecule has 0 radical (unpaired) electrons. The second kappa shape index (κ2) is 2.83. The maximum atomic E-state index is 11.8. The summed E-state index contributed by atoms with van der Waals surface area (Å²) in [6, 6.07) is 0. The third-order valence-corrected chi connectivity index (χ3v) is 5.78. The Kier molecular flexibility index (Phi) is 2.09. The van der Waals surface area contributed by atoms with E-state index in [-0.39, 0.29) is 29.0 Å². The summed E-state index contributed by atoms with van der Waals surface area (Å²) < 4.78 is 31.4. The lowest BCUT2D eigenvalue weighted by Gasteiger charge is -2.38. The first-order valence-electron chi connectivity index (χ1n) is 5.17. The minimum Gasteiger partial charge on any atom is -0.298 e. The Morgan fingerprint density at radius 2 is 1.93 bits per heavy atom. The standard InChI is InChI=1S/C10H16O4S/c1-5-6-4-7(10(5,2)3)9(8(6)11)15(12,13)14/h5-7,9H,4H2,1-3H3,(H,12,13,14)/t5-,6-,7-,9-/m1/s1. The van der Waals surface area contributed by atoms with Gasteiger partial charge in [0.15, 0.2) is 5.78 Å². The molecule has 2 bridgehead atoms. The van der Waals surface area contributed by atoms with Gasteiger partial charge in [0.25, 0.3) is 10.1 Å². The number of fused-ring (bicyclic) bond motifs is 2. The molecule has 2 rings (SSSR count). The lowest BCUT2D eigenvalue weighted by molar-refractivity contribution is -0.125. The second-order valence-corrected chi connectivity index (χ2v) is 6.93. The molecule has 86 valence electrons. The van der Waals surface area contributed by atoms with Crippen LogP contribution >= 0.6 is 0 Å². The highest BCUT2D eigenvalue weighted by atomic mass is 32.2. The normalized spacial score (nSPS) is 43.6. The third-order valence-electron chi connectivity index (χ3n) is 4.57. The van der Waals surface area contributed by atoms with Crippen molar-refractivity contribution in [3.63, 3.8) is 0 Å². The lowest BCUT2D eigenvalue weighted by atomic mass is 9.69. The van der Waals surface area contributed by atoms with Crippen LogP contribution in [0.25, 0.3) is 0 Å². The van der Waals surface area contributed by atoms with Gasteiger partial charge in [-0.15, -0.1) is 0 Å². The molecule has 0 heterocycles. The fourth-order valence-electron chi connectivity index (χ4n) is 3.28. The highest BCUT2D eigenvalue weighted by Gasteiger charge is 2.63. The van der Waals surface area contributed by atoms with Gasteiger partial charge in [-0.05, 0) is 23.7 Å². The van der Waals surface area contributed by atoms with Crippen molar-refractivity contribution in [3.05, 3.63) is 0 Å². The van der Waals surface area contributed by atoms with Gasteiger partial charge in [-0.3, -0.25) is 9.35 Å². The summed E-state index contributed by atoms with van der Waals surface area (Å²) >= 11 is 0. The molecule has 0 aromatic carbocycles. The maximum Gasteiger partial charge on any atom is 0.275 e. The average Bonchev–Trinajstić information content (AvgIpc) is 2.48. The van der Waals surface area contributed by atoms with Crippen LogP contribution in [0.2, 0.25) is 0 Å². The molecule has 15 heavy (non-hydrogen) atoms. The minimum atomic E-state index is -4.23. The Morgan fingerprint density at radius 1 is 1.40 bits per heavy atom. The van der Waals surface area contributed by atoms with Crippen molar-refractivity contribution in [2.75, 3.05) is 0 Å². The fourth-order valence-corrected chi connectivity index (χ4v) is 4.62. The van der Waals surface area contributed by atoms with Crippen LogP contribution in [0, 0.1) is 23.2 Å². The number of hydrogen-bond acceptors (Lipinski definition) is 3. The molecule has 5 heteroatoms. The van der Waals surface area contributed by atoms with Crippen LogP contribution in [0.1, 0.15) is 27.2 Å². The van der Waals surface area contributed by atoms with Gasteiger partial charge in [0.1, 0.15) is 5.25 Å². The smallest absolute Gasteiger partial charge is 0.275 e. The van der Waals surface area contributed by atoms with E-state index in [9.17, 15) is 13.2 Å². The van der Waals surface area contributed by atoms with E-state index in [0.717, 1.165) is 0 Å². The fraction of sp³-hybridized carbons (Fsp3) is 0.900. The molecule has 0 unspecified atom stereocenters. The van der Waals surface area contributed by atoms with E-state index < -0.39 is 15.4 Å².